The van der Waals surface area contributed by atoms with Crippen LogP contribution < -0.4 is 0 Å². The number of aryl methyl sites for hydroxylation is 2. The van der Waals surface area contributed by atoms with Gasteiger partial charge in [-0.15, -0.1) is 6.58 Å². The van der Waals surface area contributed by atoms with E-state index in [2.05, 4.69) is 6.58 Å². The highest BCUT2D eigenvalue weighted by Crippen LogP contribution is 2.14. The van der Waals surface area contributed by atoms with Gasteiger partial charge >= 0.3 is 0 Å². The van der Waals surface area contributed by atoms with Crippen molar-refractivity contribution in [1.82, 2.24) is 0 Å². The third kappa shape index (κ3) is 10.6. The van der Waals surface area contributed by atoms with Gasteiger partial charge in [-0.2, -0.15) is 16.8 Å². The maximum absolute atomic E-state index is 12.2. The van der Waals surface area contributed by atoms with Gasteiger partial charge in [0.2, 0.25) is 0 Å². The van der Waals surface area contributed by atoms with Crippen molar-refractivity contribution in [3.8, 4) is 0 Å². The van der Waals surface area contributed by atoms with E-state index in [9.17, 15) is 16.8 Å². The van der Waals surface area contributed by atoms with Crippen molar-refractivity contribution in [1.29, 1.82) is 0 Å². The quantitative estimate of drug-likeness (QED) is 0.174. The SMILES string of the molecule is C=CCOCC(COCCOS(=O)(=O)c1ccc(C)cc1)OCCOS(=O)(=O)c1ccc(C)cc1. The van der Waals surface area contributed by atoms with E-state index in [1.165, 1.54) is 24.3 Å². The number of hydrogen-bond donors (Lipinski definition) is 0. The Hall–Kier alpha value is -2.12. The Morgan fingerprint density at radius 1 is 0.714 bits per heavy atom. The van der Waals surface area contributed by atoms with Crippen molar-refractivity contribution in [2.45, 2.75) is 29.7 Å². The molecule has 35 heavy (non-hydrogen) atoms. The zero-order valence-electron chi connectivity index (χ0n) is 19.9. The van der Waals surface area contributed by atoms with Crippen LogP contribution in [-0.2, 0) is 42.8 Å². The molecule has 9 nitrogen and oxygen atoms in total. The lowest BCUT2D eigenvalue weighted by Gasteiger charge is -2.18. The van der Waals surface area contributed by atoms with Crippen LogP contribution in [0.1, 0.15) is 11.1 Å². The lowest BCUT2D eigenvalue weighted by atomic mass is 10.2. The Labute approximate surface area is 207 Å². The molecule has 1 atom stereocenters. The first-order valence-corrected chi connectivity index (χ1v) is 13.8. The molecule has 11 heteroatoms. The molecule has 2 rings (SSSR count). The number of rotatable bonds is 17. The fourth-order valence-electron chi connectivity index (χ4n) is 2.75. The molecule has 0 amide bonds. The van der Waals surface area contributed by atoms with E-state index in [0.29, 0.717) is 6.61 Å². The average Bonchev–Trinajstić information content (AvgIpc) is 2.81. The van der Waals surface area contributed by atoms with Crippen LogP contribution in [0.2, 0.25) is 0 Å². The number of hydrogen-bond acceptors (Lipinski definition) is 9. The van der Waals surface area contributed by atoms with Crippen molar-refractivity contribution in [2.24, 2.45) is 0 Å². The molecule has 0 bridgehead atoms. The Morgan fingerprint density at radius 2 is 1.17 bits per heavy atom. The number of benzene rings is 2. The molecule has 0 aromatic heterocycles. The predicted octanol–water partition coefficient (Wildman–Crippen LogP) is 3.02. The summed E-state index contributed by atoms with van der Waals surface area (Å²) in [7, 11) is -7.76. The highest BCUT2D eigenvalue weighted by atomic mass is 32.2. The van der Waals surface area contributed by atoms with Crippen LogP contribution in [-0.4, -0.2) is 69.2 Å². The minimum absolute atomic E-state index is 0.00468. The third-order valence-corrected chi connectivity index (χ3v) is 7.26. The zero-order valence-corrected chi connectivity index (χ0v) is 21.6. The van der Waals surface area contributed by atoms with Crippen LogP contribution in [0.25, 0.3) is 0 Å². The van der Waals surface area contributed by atoms with Crippen molar-refractivity contribution < 1.29 is 39.4 Å². The molecule has 0 aliphatic carbocycles. The summed E-state index contributed by atoms with van der Waals surface area (Å²) in [6.07, 6.45) is 1.05. The summed E-state index contributed by atoms with van der Waals surface area (Å²) in [5.41, 5.74) is 1.88. The molecule has 0 saturated heterocycles. The van der Waals surface area contributed by atoms with Crippen LogP contribution in [0.5, 0.6) is 0 Å². The summed E-state index contributed by atoms with van der Waals surface area (Å²) in [4.78, 5) is 0.139. The first kappa shape index (κ1) is 29.1. The summed E-state index contributed by atoms with van der Waals surface area (Å²) in [5, 5.41) is 0. The van der Waals surface area contributed by atoms with Crippen molar-refractivity contribution in [3.05, 3.63) is 72.3 Å². The highest BCUT2D eigenvalue weighted by Gasteiger charge is 2.17. The second-order valence-electron chi connectivity index (χ2n) is 7.57. The van der Waals surface area contributed by atoms with E-state index in [1.54, 1.807) is 30.3 Å². The first-order chi connectivity index (χ1) is 16.6. The maximum atomic E-state index is 12.2. The molecule has 0 fully saturated rings. The van der Waals surface area contributed by atoms with Gasteiger partial charge in [0.15, 0.2) is 0 Å². The van der Waals surface area contributed by atoms with Crippen molar-refractivity contribution in [2.75, 3.05) is 46.2 Å². The van der Waals surface area contributed by atoms with E-state index < -0.39 is 26.3 Å². The summed E-state index contributed by atoms with van der Waals surface area (Å²) in [6.45, 7) is 7.46. The molecule has 0 spiro atoms. The van der Waals surface area contributed by atoms with Crippen molar-refractivity contribution >= 4 is 20.2 Å². The van der Waals surface area contributed by atoms with Gasteiger partial charge in [-0.05, 0) is 38.1 Å². The Morgan fingerprint density at radius 3 is 1.66 bits per heavy atom. The van der Waals surface area contributed by atoms with Crippen LogP contribution in [0.4, 0.5) is 0 Å². The second-order valence-corrected chi connectivity index (χ2v) is 10.8. The molecule has 2 aromatic carbocycles. The minimum Gasteiger partial charge on any atom is -0.376 e. The maximum Gasteiger partial charge on any atom is 0.297 e. The van der Waals surface area contributed by atoms with E-state index in [0.717, 1.165) is 11.1 Å². The van der Waals surface area contributed by atoms with Gasteiger partial charge in [-0.1, -0.05) is 41.5 Å². The van der Waals surface area contributed by atoms with Crippen LogP contribution in [0, 0.1) is 13.8 Å². The Bertz CT molecular complexity index is 1110. The van der Waals surface area contributed by atoms with Gasteiger partial charge in [-0.25, -0.2) is 0 Å². The Kier molecular flexibility index (Phi) is 12.0. The average molecular weight is 529 g/mol. The molecule has 0 N–H and O–H groups in total. The second kappa shape index (κ2) is 14.4. The van der Waals surface area contributed by atoms with E-state index in [4.69, 9.17) is 22.6 Å². The molecule has 0 saturated carbocycles. The largest absolute Gasteiger partial charge is 0.376 e. The third-order valence-electron chi connectivity index (χ3n) is 4.60. The smallest absolute Gasteiger partial charge is 0.297 e. The van der Waals surface area contributed by atoms with E-state index in [-0.39, 0.29) is 49.4 Å². The van der Waals surface area contributed by atoms with Crippen LogP contribution in [0.15, 0.2) is 71.0 Å². The predicted molar refractivity (Wildman–Crippen MR) is 130 cm³/mol. The molecule has 1 unspecified atom stereocenters. The lowest BCUT2D eigenvalue weighted by molar-refractivity contribution is -0.0640. The molecular weight excluding hydrogens is 496 g/mol. The zero-order chi connectivity index (χ0) is 25.7. The van der Waals surface area contributed by atoms with Gasteiger partial charge in [0, 0.05) is 0 Å². The Balaban J connectivity index is 1.75. The van der Waals surface area contributed by atoms with Gasteiger partial charge in [0.25, 0.3) is 20.2 Å². The van der Waals surface area contributed by atoms with Gasteiger partial charge in [0.1, 0.15) is 6.10 Å². The van der Waals surface area contributed by atoms with E-state index >= 15 is 0 Å². The molecule has 194 valence electrons. The lowest BCUT2D eigenvalue weighted by Crippen LogP contribution is -2.28. The van der Waals surface area contributed by atoms with Gasteiger partial charge in [-0.3, -0.25) is 8.37 Å². The summed E-state index contributed by atoms with van der Waals surface area (Å²) >= 11 is 0. The summed E-state index contributed by atoms with van der Waals surface area (Å²) in [6, 6.07) is 12.7. The van der Waals surface area contributed by atoms with Gasteiger partial charge in [0.05, 0.1) is 56.0 Å². The fraction of sp³-hybridized carbons (Fsp3) is 0.417. The summed E-state index contributed by atoms with van der Waals surface area (Å²) in [5.74, 6) is 0. The molecule has 0 aliphatic heterocycles. The highest BCUT2D eigenvalue weighted by molar-refractivity contribution is 7.87. The molecule has 0 heterocycles. The first-order valence-electron chi connectivity index (χ1n) is 10.9. The standard InChI is InChI=1S/C24H32O9S2/c1-4-13-29-18-22(31-15-17-33-35(27,28)24-11-7-21(3)8-12-24)19-30-14-16-32-34(25,26)23-9-5-20(2)6-10-23/h4-12,22H,1,13-19H2,2-3H3. The van der Waals surface area contributed by atoms with Crippen LogP contribution in [0.3, 0.4) is 0 Å². The number of ether oxygens (including phenoxy) is 3. The summed E-state index contributed by atoms with van der Waals surface area (Å²) < 4.78 is 75.4. The molecule has 0 aliphatic rings. The van der Waals surface area contributed by atoms with Gasteiger partial charge < -0.3 is 14.2 Å². The molecule has 2 aromatic rings. The van der Waals surface area contributed by atoms with E-state index in [1.807, 2.05) is 13.8 Å². The molecular formula is C24H32O9S2. The fourth-order valence-corrected chi connectivity index (χ4v) is 4.53. The normalized spacial score (nSPS) is 13.0. The minimum atomic E-state index is -3.89. The van der Waals surface area contributed by atoms with Crippen LogP contribution >= 0.6 is 0 Å². The molecule has 0 radical (unpaired) electrons. The van der Waals surface area contributed by atoms with Crippen molar-refractivity contribution in [3.63, 3.8) is 0 Å². The topological polar surface area (TPSA) is 114 Å². The monoisotopic (exact) mass is 528 g/mol.